The molecule has 9 heavy (non-hydrogen) atoms. The van der Waals surface area contributed by atoms with Gasteiger partial charge in [-0.1, -0.05) is 0 Å². The number of ketones is 1. The normalized spacial score (nSPS) is 18.2. The Morgan fingerprint density at radius 1 is 1.56 bits per heavy atom. The minimum atomic E-state index is 0. The van der Waals surface area contributed by atoms with Crippen molar-refractivity contribution in [1.82, 2.24) is 0 Å². The van der Waals surface area contributed by atoms with Gasteiger partial charge in [0.2, 0.25) is 0 Å². The fraction of sp³-hybridized carbons (Fsp3) is 0.500. The summed E-state index contributed by atoms with van der Waals surface area (Å²) < 4.78 is 0. The molecule has 0 saturated heterocycles. The van der Waals surface area contributed by atoms with E-state index in [9.17, 15) is 4.79 Å². The number of nitrogens with two attached hydrogens (primary N) is 1. The molecule has 0 heterocycles. The number of allylic oxidation sites excluding steroid dienone is 2. The van der Waals surface area contributed by atoms with E-state index in [0.29, 0.717) is 6.42 Å². The Hall–Kier alpha value is 0.846. The molecule has 0 aromatic carbocycles. The first kappa shape index (κ1) is 9.85. The fourth-order valence-electron chi connectivity index (χ4n) is 0.818. The van der Waals surface area contributed by atoms with Crippen molar-refractivity contribution in [1.29, 1.82) is 0 Å². The van der Waals surface area contributed by atoms with Gasteiger partial charge < -0.3 is 7.16 Å². The molecule has 1 rings (SSSR count). The van der Waals surface area contributed by atoms with E-state index in [-0.39, 0.29) is 58.6 Å². The van der Waals surface area contributed by atoms with Crippen molar-refractivity contribution in [2.75, 3.05) is 0 Å². The summed E-state index contributed by atoms with van der Waals surface area (Å²) in [7, 11) is 0. The Labute approximate surface area is 98.8 Å². The quantitative estimate of drug-likeness (QED) is 0.396. The monoisotopic (exact) mass is 151 g/mol. The summed E-state index contributed by atoms with van der Waals surface area (Å²) in [5.41, 5.74) is 6.10. The van der Waals surface area contributed by atoms with Gasteiger partial charge in [0.05, 0.1) is 0 Å². The first-order valence-corrected chi connectivity index (χ1v) is 2.78. The largest absolute Gasteiger partial charge is 1.00 e. The van der Waals surface area contributed by atoms with E-state index in [0.717, 1.165) is 18.5 Å². The van der Waals surface area contributed by atoms with Crippen LogP contribution in [-0.4, -0.2) is 5.78 Å². The van der Waals surface area contributed by atoms with E-state index in [1.54, 1.807) is 0 Å². The van der Waals surface area contributed by atoms with Crippen LogP contribution >= 0.6 is 0 Å². The van der Waals surface area contributed by atoms with Crippen LogP contribution in [0.4, 0.5) is 0 Å². The molecule has 1 aliphatic rings. The van der Waals surface area contributed by atoms with Crippen LogP contribution in [0.2, 0.25) is 0 Å². The zero-order chi connectivity index (χ0) is 5.98. The summed E-state index contributed by atoms with van der Waals surface area (Å²) in [4.78, 5) is 10.5. The van der Waals surface area contributed by atoms with Crippen molar-refractivity contribution in [3.63, 3.8) is 0 Å². The Kier molecular flexibility index (Phi) is 5.06. The van der Waals surface area contributed by atoms with Gasteiger partial charge in [-0.05, 0) is 18.9 Å². The van der Waals surface area contributed by atoms with Gasteiger partial charge in [-0.15, -0.1) is 0 Å². The van der Waals surface area contributed by atoms with Crippen LogP contribution in [0.5, 0.6) is 0 Å². The molecule has 0 aromatic heterocycles. The van der Waals surface area contributed by atoms with Gasteiger partial charge in [-0.3, -0.25) is 4.79 Å². The topological polar surface area (TPSA) is 43.1 Å². The van der Waals surface area contributed by atoms with Crippen LogP contribution in [0.3, 0.4) is 0 Å². The molecule has 2 nitrogen and oxygen atoms in total. The molecule has 0 radical (unpaired) electrons. The van der Waals surface area contributed by atoms with Crippen LogP contribution in [0, 0.1) is 0 Å². The van der Waals surface area contributed by atoms with Gasteiger partial charge in [-0.2, -0.15) is 0 Å². The van der Waals surface area contributed by atoms with Crippen molar-refractivity contribution in [3.05, 3.63) is 11.8 Å². The molecular formula is C6H10KNO. The number of hydrogen-bond donors (Lipinski definition) is 1. The van der Waals surface area contributed by atoms with Crippen molar-refractivity contribution in [2.45, 2.75) is 19.3 Å². The average Bonchev–Trinajstić information content (AvgIpc) is 1.64. The molecule has 0 atom stereocenters. The number of hydrogen-bond acceptors (Lipinski definition) is 2. The van der Waals surface area contributed by atoms with Crippen molar-refractivity contribution >= 4 is 5.78 Å². The van der Waals surface area contributed by atoms with Gasteiger partial charge >= 0.3 is 51.4 Å². The molecule has 0 aromatic rings. The van der Waals surface area contributed by atoms with Crippen LogP contribution in [0.25, 0.3) is 0 Å². The summed E-state index contributed by atoms with van der Waals surface area (Å²) in [6.07, 6.45) is 4.04. The summed E-state index contributed by atoms with van der Waals surface area (Å²) in [5, 5.41) is 0. The van der Waals surface area contributed by atoms with Crippen molar-refractivity contribution < 1.29 is 57.6 Å². The van der Waals surface area contributed by atoms with Crippen molar-refractivity contribution in [3.8, 4) is 0 Å². The van der Waals surface area contributed by atoms with Crippen LogP contribution in [0.15, 0.2) is 11.8 Å². The maximum absolute atomic E-state index is 10.5. The van der Waals surface area contributed by atoms with Crippen LogP contribution < -0.4 is 57.1 Å². The summed E-state index contributed by atoms with van der Waals surface area (Å²) in [6.45, 7) is 0. The van der Waals surface area contributed by atoms with E-state index in [4.69, 9.17) is 5.73 Å². The van der Waals surface area contributed by atoms with Crippen molar-refractivity contribution in [2.24, 2.45) is 5.73 Å². The minimum Gasteiger partial charge on any atom is -1.00 e. The second kappa shape index (κ2) is 4.63. The van der Waals surface area contributed by atoms with Crippen LogP contribution in [-0.2, 0) is 4.79 Å². The number of carbonyl (C=O) groups is 1. The predicted octanol–water partition coefficient (Wildman–Crippen LogP) is -2.30. The Balaban J connectivity index is 0. The first-order chi connectivity index (χ1) is 3.79. The third-order valence-corrected chi connectivity index (χ3v) is 1.24. The zero-order valence-corrected chi connectivity index (χ0v) is 8.81. The SMILES string of the molecule is NC1=CC(=O)CCC1.[H-].[K+]. The number of carbonyl (C=O) groups excluding carboxylic acids is 1. The van der Waals surface area contributed by atoms with Gasteiger partial charge in [0.15, 0.2) is 5.78 Å². The smallest absolute Gasteiger partial charge is 1.00 e. The molecule has 0 amide bonds. The fourth-order valence-corrected chi connectivity index (χ4v) is 0.818. The van der Waals surface area contributed by atoms with E-state index in [2.05, 4.69) is 0 Å². The Morgan fingerprint density at radius 2 is 2.22 bits per heavy atom. The second-order valence-electron chi connectivity index (χ2n) is 2.04. The summed E-state index contributed by atoms with van der Waals surface area (Å²) in [5.74, 6) is 0.175. The molecule has 0 saturated carbocycles. The molecule has 0 fully saturated rings. The van der Waals surface area contributed by atoms with Gasteiger partial charge in [0, 0.05) is 12.1 Å². The zero-order valence-electron chi connectivity index (χ0n) is 6.68. The first-order valence-electron chi connectivity index (χ1n) is 2.78. The Morgan fingerprint density at radius 3 is 2.56 bits per heavy atom. The minimum absolute atomic E-state index is 0. The molecule has 0 unspecified atom stereocenters. The van der Waals surface area contributed by atoms with Gasteiger partial charge in [-0.25, -0.2) is 0 Å². The Bertz CT molecular complexity index is 147. The van der Waals surface area contributed by atoms with E-state index >= 15 is 0 Å². The van der Waals surface area contributed by atoms with Gasteiger partial charge in [0.1, 0.15) is 0 Å². The van der Waals surface area contributed by atoms with Gasteiger partial charge in [0.25, 0.3) is 0 Å². The maximum Gasteiger partial charge on any atom is 1.00 e. The van der Waals surface area contributed by atoms with E-state index < -0.39 is 0 Å². The van der Waals surface area contributed by atoms with Crippen LogP contribution in [0.1, 0.15) is 20.7 Å². The molecule has 0 spiro atoms. The summed E-state index contributed by atoms with van der Waals surface area (Å²) >= 11 is 0. The van der Waals surface area contributed by atoms with E-state index in [1.165, 1.54) is 6.08 Å². The molecule has 46 valence electrons. The number of rotatable bonds is 0. The van der Waals surface area contributed by atoms with E-state index in [1.807, 2.05) is 0 Å². The average molecular weight is 151 g/mol. The molecule has 0 bridgehead atoms. The molecule has 3 heteroatoms. The molecule has 2 N–H and O–H groups in total. The standard InChI is InChI=1S/C6H9NO.K.H/c7-5-2-1-3-6(8)4-5;;/h4H,1-3,7H2;;/q;+1;-1. The maximum atomic E-state index is 10.5. The second-order valence-corrected chi connectivity index (χ2v) is 2.04. The molecule has 0 aliphatic heterocycles. The molecular weight excluding hydrogens is 141 g/mol. The predicted molar refractivity (Wildman–Crippen MR) is 32.2 cm³/mol. The third kappa shape index (κ3) is 3.52. The third-order valence-electron chi connectivity index (χ3n) is 1.24. The molecule has 1 aliphatic carbocycles. The summed E-state index contributed by atoms with van der Waals surface area (Å²) in [6, 6.07) is 0.